The van der Waals surface area contributed by atoms with Gasteiger partial charge in [0.15, 0.2) is 5.16 Å². The van der Waals surface area contributed by atoms with Crippen LogP contribution in [0.3, 0.4) is 0 Å². The summed E-state index contributed by atoms with van der Waals surface area (Å²) in [7, 11) is 0. The normalized spacial score (nSPS) is 10.4. The monoisotopic (exact) mass is 353 g/mol. The summed E-state index contributed by atoms with van der Waals surface area (Å²) in [6, 6.07) is 4.89. The topological polar surface area (TPSA) is 84.3 Å². The Hall–Kier alpha value is -1.99. The van der Waals surface area contributed by atoms with Crippen molar-refractivity contribution >= 4 is 35.1 Å². The van der Waals surface area contributed by atoms with Gasteiger partial charge in [0.1, 0.15) is 17.1 Å². The number of hydrogen-bond acceptors (Lipinski definition) is 7. The van der Waals surface area contributed by atoms with Crippen LogP contribution in [0.5, 0.6) is 5.75 Å². The van der Waals surface area contributed by atoms with Crippen LogP contribution < -0.4 is 5.32 Å². The molecule has 1 aromatic carbocycles. The number of thioether (sulfide) groups is 1. The second-order valence-corrected chi connectivity index (χ2v) is 5.66. The van der Waals surface area contributed by atoms with Gasteiger partial charge in [0, 0.05) is 12.7 Å². The number of carbonyl (C=O) groups excluding carboxylic acids is 1. The van der Waals surface area contributed by atoms with Crippen molar-refractivity contribution in [2.24, 2.45) is 0 Å². The molecule has 0 spiro atoms. The van der Waals surface area contributed by atoms with Crippen LogP contribution in [0, 0.1) is 0 Å². The molecule has 8 heteroatoms. The molecule has 0 saturated carbocycles. The molecular formula is C15H16ClN3O3S. The number of rotatable bonds is 6. The number of nitrogens with one attached hydrogen (secondary N) is 1. The molecule has 1 aromatic heterocycles. The number of hydrogen-bond donors (Lipinski definition) is 2. The Kier molecular flexibility index (Phi) is 6.06. The van der Waals surface area contributed by atoms with Crippen molar-refractivity contribution in [3.05, 3.63) is 40.5 Å². The summed E-state index contributed by atoms with van der Waals surface area (Å²) in [5.41, 5.74) is 1.11. The molecule has 122 valence electrons. The van der Waals surface area contributed by atoms with Gasteiger partial charge in [-0.25, -0.2) is 14.8 Å². The number of benzene rings is 1. The SMILES string of the molecule is CCOC(=O)c1cnc(SC)nc1NCc1ccc(O)c(Cl)c1. The molecule has 1 heterocycles. The Morgan fingerprint density at radius 1 is 1.48 bits per heavy atom. The highest BCUT2D eigenvalue weighted by atomic mass is 35.5. The molecule has 0 fully saturated rings. The number of ether oxygens (including phenoxy) is 1. The lowest BCUT2D eigenvalue weighted by Gasteiger charge is -2.11. The molecule has 0 atom stereocenters. The quantitative estimate of drug-likeness (QED) is 0.468. The standard InChI is InChI=1S/C15H16ClN3O3S/c1-3-22-14(21)10-8-18-15(23-2)19-13(10)17-7-9-4-5-12(20)11(16)6-9/h4-6,8,20H,3,7H2,1-2H3,(H,17,18,19). The molecule has 0 radical (unpaired) electrons. The van der Waals surface area contributed by atoms with Gasteiger partial charge in [-0.1, -0.05) is 29.4 Å². The lowest BCUT2D eigenvalue weighted by molar-refractivity contribution is 0.0526. The maximum atomic E-state index is 12.0. The van der Waals surface area contributed by atoms with E-state index in [-0.39, 0.29) is 22.9 Å². The number of phenolic OH excluding ortho intramolecular Hbond substituents is 1. The van der Waals surface area contributed by atoms with Crippen LogP contribution in [0.2, 0.25) is 5.02 Å². The third-order valence-electron chi connectivity index (χ3n) is 2.92. The molecule has 2 aromatic rings. The maximum Gasteiger partial charge on any atom is 0.343 e. The van der Waals surface area contributed by atoms with Crippen molar-refractivity contribution in [1.82, 2.24) is 9.97 Å². The van der Waals surface area contributed by atoms with E-state index >= 15 is 0 Å². The predicted molar refractivity (Wildman–Crippen MR) is 90.2 cm³/mol. The van der Waals surface area contributed by atoms with Gasteiger partial charge in [-0.05, 0) is 30.9 Å². The first-order valence-corrected chi connectivity index (χ1v) is 8.44. The molecule has 0 aliphatic heterocycles. The second-order valence-electron chi connectivity index (χ2n) is 4.48. The van der Waals surface area contributed by atoms with Gasteiger partial charge in [0.25, 0.3) is 0 Å². The molecule has 0 unspecified atom stereocenters. The van der Waals surface area contributed by atoms with Crippen LogP contribution in [-0.2, 0) is 11.3 Å². The van der Waals surface area contributed by atoms with Crippen LogP contribution >= 0.6 is 23.4 Å². The molecule has 0 aliphatic rings. The predicted octanol–water partition coefficient (Wildman–Crippen LogP) is 3.35. The van der Waals surface area contributed by atoms with E-state index in [1.807, 2.05) is 6.26 Å². The summed E-state index contributed by atoms with van der Waals surface area (Å²) in [4.78, 5) is 20.4. The van der Waals surface area contributed by atoms with E-state index in [1.54, 1.807) is 19.1 Å². The first-order chi connectivity index (χ1) is 11.0. The number of phenols is 1. The fourth-order valence-electron chi connectivity index (χ4n) is 1.80. The van der Waals surface area contributed by atoms with Crippen molar-refractivity contribution in [2.75, 3.05) is 18.2 Å². The summed E-state index contributed by atoms with van der Waals surface area (Å²) >= 11 is 7.26. The Labute approximate surface area is 143 Å². The van der Waals surface area contributed by atoms with E-state index in [0.29, 0.717) is 17.5 Å². The van der Waals surface area contributed by atoms with E-state index in [1.165, 1.54) is 24.0 Å². The van der Waals surface area contributed by atoms with Crippen molar-refractivity contribution in [3.8, 4) is 5.75 Å². The second kappa shape index (κ2) is 8.03. The number of aromatic hydroxyl groups is 1. The fraction of sp³-hybridized carbons (Fsp3) is 0.267. The molecule has 23 heavy (non-hydrogen) atoms. The van der Waals surface area contributed by atoms with Crippen molar-refractivity contribution in [2.45, 2.75) is 18.6 Å². The first kappa shape index (κ1) is 17.4. The van der Waals surface area contributed by atoms with Crippen LogP contribution in [0.1, 0.15) is 22.8 Å². The Morgan fingerprint density at radius 2 is 2.26 bits per heavy atom. The van der Waals surface area contributed by atoms with E-state index in [9.17, 15) is 9.90 Å². The molecule has 2 N–H and O–H groups in total. The molecule has 0 saturated heterocycles. The van der Waals surface area contributed by atoms with Crippen molar-refractivity contribution in [3.63, 3.8) is 0 Å². The third kappa shape index (κ3) is 4.49. The van der Waals surface area contributed by atoms with E-state index in [2.05, 4.69) is 15.3 Å². The Morgan fingerprint density at radius 3 is 2.91 bits per heavy atom. The van der Waals surface area contributed by atoms with Gasteiger partial charge < -0.3 is 15.2 Å². The first-order valence-electron chi connectivity index (χ1n) is 6.84. The molecule has 0 amide bonds. The highest BCUT2D eigenvalue weighted by Crippen LogP contribution is 2.24. The minimum Gasteiger partial charge on any atom is -0.506 e. The summed E-state index contributed by atoms with van der Waals surface area (Å²) in [5, 5.41) is 13.3. The lowest BCUT2D eigenvalue weighted by atomic mass is 10.2. The summed E-state index contributed by atoms with van der Waals surface area (Å²) in [6.45, 7) is 2.40. The lowest BCUT2D eigenvalue weighted by Crippen LogP contribution is -2.12. The van der Waals surface area contributed by atoms with Gasteiger partial charge in [0.2, 0.25) is 0 Å². The van der Waals surface area contributed by atoms with Gasteiger partial charge in [-0.15, -0.1) is 0 Å². The van der Waals surface area contributed by atoms with Crippen LogP contribution in [0.15, 0.2) is 29.6 Å². The molecular weight excluding hydrogens is 338 g/mol. The molecule has 6 nitrogen and oxygen atoms in total. The van der Waals surface area contributed by atoms with Crippen LogP contribution in [0.25, 0.3) is 0 Å². The van der Waals surface area contributed by atoms with Gasteiger partial charge in [-0.3, -0.25) is 0 Å². The largest absolute Gasteiger partial charge is 0.506 e. The number of anilines is 1. The summed E-state index contributed by atoms with van der Waals surface area (Å²) in [6.07, 6.45) is 3.30. The average molecular weight is 354 g/mol. The van der Waals surface area contributed by atoms with E-state index in [4.69, 9.17) is 16.3 Å². The fourth-order valence-corrected chi connectivity index (χ4v) is 2.35. The zero-order valence-electron chi connectivity index (χ0n) is 12.7. The molecule has 0 bridgehead atoms. The number of nitrogens with zero attached hydrogens (tertiary/aromatic N) is 2. The van der Waals surface area contributed by atoms with Gasteiger partial charge in [-0.2, -0.15) is 0 Å². The molecule has 2 rings (SSSR count). The highest BCUT2D eigenvalue weighted by Gasteiger charge is 2.15. The van der Waals surface area contributed by atoms with Crippen LogP contribution in [0.4, 0.5) is 5.82 Å². The zero-order valence-corrected chi connectivity index (χ0v) is 14.2. The van der Waals surface area contributed by atoms with Crippen molar-refractivity contribution < 1.29 is 14.6 Å². The molecule has 0 aliphatic carbocycles. The van der Waals surface area contributed by atoms with Gasteiger partial charge >= 0.3 is 5.97 Å². The van der Waals surface area contributed by atoms with Crippen molar-refractivity contribution in [1.29, 1.82) is 0 Å². The number of halogens is 1. The van der Waals surface area contributed by atoms with E-state index < -0.39 is 5.97 Å². The summed E-state index contributed by atoms with van der Waals surface area (Å²) in [5.74, 6) is -0.0623. The minimum absolute atomic E-state index is 0.0225. The zero-order chi connectivity index (χ0) is 16.8. The highest BCUT2D eigenvalue weighted by molar-refractivity contribution is 7.98. The Balaban J connectivity index is 2.22. The number of aromatic nitrogens is 2. The summed E-state index contributed by atoms with van der Waals surface area (Å²) < 4.78 is 5.01. The van der Waals surface area contributed by atoms with Crippen LogP contribution in [-0.4, -0.2) is 33.9 Å². The smallest absolute Gasteiger partial charge is 0.343 e. The van der Waals surface area contributed by atoms with Gasteiger partial charge in [0.05, 0.1) is 11.6 Å². The number of carbonyl (C=O) groups is 1. The Bertz CT molecular complexity index is 712. The maximum absolute atomic E-state index is 12.0. The van der Waals surface area contributed by atoms with E-state index in [0.717, 1.165) is 5.56 Å². The number of esters is 1. The average Bonchev–Trinajstić information content (AvgIpc) is 2.55. The third-order valence-corrected chi connectivity index (χ3v) is 3.78. The minimum atomic E-state index is -0.480.